The van der Waals surface area contributed by atoms with E-state index in [9.17, 15) is 14.9 Å². The van der Waals surface area contributed by atoms with E-state index < -0.39 is 16.5 Å². The molecule has 1 aromatic heterocycles. The van der Waals surface area contributed by atoms with Gasteiger partial charge in [-0.05, 0) is 24.3 Å². The molecule has 1 amide bonds. The van der Waals surface area contributed by atoms with Crippen LogP contribution in [0.15, 0.2) is 54.9 Å². The molecule has 0 aliphatic carbocycles. The second kappa shape index (κ2) is 9.72. The fraction of sp³-hybridized carbons (Fsp3) is 0.0556. The second-order valence-electron chi connectivity index (χ2n) is 5.68. The van der Waals surface area contributed by atoms with Gasteiger partial charge < -0.3 is 10.1 Å². The van der Waals surface area contributed by atoms with Crippen molar-refractivity contribution in [3.63, 3.8) is 0 Å². The number of hydrazine groups is 1. The molecule has 1 heterocycles. The monoisotopic (exact) mass is 448 g/mol. The van der Waals surface area contributed by atoms with Crippen molar-refractivity contribution in [3.8, 4) is 5.75 Å². The van der Waals surface area contributed by atoms with E-state index in [2.05, 4.69) is 26.1 Å². The third-order valence-corrected chi connectivity index (χ3v) is 4.46. The van der Waals surface area contributed by atoms with Gasteiger partial charge in [0.2, 0.25) is 11.6 Å². The van der Waals surface area contributed by atoms with E-state index in [1.165, 1.54) is 0 Å². The number of anilines is 3. The first-order chi connectivity index (χ1) is 14.5. The van der Waals surface area contributed by atoms with Crippen LogP contribution in [0.5, 0.6) is 5.75 Å². The standard InChI is InChI=1S/C18H14Cl2N6O4/c19-12-7-4-8-13(15(12)20)23-17-16(26(28)29)18(22-10-21-17)25-24-14(27)9-30-11-5-2-1-3-6-11/h1-8,10H,9H2,(H,24,27)(H2,21,22,23,25). The molecule has 0 aliphatic rings. The number of nitrogens with one attached hydrogen (secondary N) is 3. The summed E-state index contributed by atoms with van der Waals surface area (Å²) in [5.41, 5.74) is 4.52. The summed E-state index contributed by atoms with van der Waals surface area (Å²) < 4.78 is 5.30. The number of para-hydroxylation sites is 1. The smallest absolute Gasteiger partial charge is 0.355 e. The van der Waals surface area contributed by atoms with Crippen LogP contribution in [-0.4, -0.2) is 27.4 Å². The number of halogens is 2. The Morgan fingerprint density at radius 2 is 1.80 bits per heavy atom. The Hall–Kier alpha value is -3.63. The molecule has 3 N–H and O–H groups in total. The van der Waals surface area contributed by atoms with Crippen molar-refractivity contribution in [2.24, 2.45) is 0 Å². The first kappa shape index (κ1) is 21.1. The molecule has 0 spiro atoms. The minimum Gasteiger partial charge on any atom is -0.484 e. The number of nitro groups is 1. The number of ether oxygens (including phenoxy) is 1. The molecule has 12 heteroatoms. The maximum absolute atomic E-state index is 12.0. The van der Waals surface area contributed by atoms with Crippen molar-refractivity contribution in [3.05, 3.63) is 75.0 Å². The summed E-state index contributed by atoms with van der Waals surface area (Å²) in [6.07, 6.45) is 1.09. The fourth-order valence-corrected chi connectivity index (χ4v) is 2.64. The minimum absolute atomic E-state index is 0.142. The molecular formula is C18H14Cl2N6O4. The Bertz CT molecular complexity index is 1070. The summed E-state index contributed by atoms with van der Waals surface area (Å²) in [5, 5.41) is 14.8. The van der Waals surface area contributed by atoms with E-state index in [0.717, 1.165) is 6.33 Å². The number of aromatic nitrogens is 2. The lowest BCUT2D eigenvalue weighted by Gasteiger charge is -2.12. The van der Waals surface area contributed by atoms with Crippen molar-refractivity contribution in [1.29, 1.82) is 0 Å². The van der Waals surface area contributed by atoms with Crippen molar-refractivity contribution >= 4 is 52.1 Å². The predicted octanol–water partition coefficient (Wildman–Crippen LogP) is 3.96. The molecule has 0 saturated carbocycles. The maximum Gasteiger partial charge on any atom is 0.355 e. The zero-order valence-electron chi connectivity index (χ0n) is 15.1. The normalized spacial score (nSPS) is 10.2. The van der Waals surface area contributed by atoms with Gasteiger partial charge >= 0.3 is 5.69 Å². The van der Waals surface area contributed by atoms with Crippen LogP contribution in [0.2, 0.25) is 10.0 Å². The quantitative estimate of drug-likeness (QED) is 0.348. The van der Waals surface area contributed by atoms with Gasteiger partial charge in [-0.1, -0.05) is 47.5 Å². The molecule has 3 rings (SSSR count). The van der Waals surface area contributed by atoms with Gasteiger partial charge in [0.1, 0.15) is 12.1 Å². The first-order valence-corrected chi connectivity index (χ1v) is 9.14. The summed E-state index contributed by atoms with van der Waals surface area (Å²) in [4.78, 5) is 30.6. The Labute approximate surface area is 180 Å². The molecule has 30 heavy (non-hydrogen) atoms. The lowest BCUT2D eigenvalue weighted by molar-refractivity contribution is -0.383. The van der Waals surface area contributed by atoms with Crippen molar-refractivity contribution < 1.29 is 14.5 Å². The molecule has 0 bridgehead atoms. The van der Waals surface area contributed by atoms with Crippen molar-refractivity contribution in [1.82, 2.24) is 15.4 Å². The SMILES string of the molecule is O=C(COc1ccccc1)NNc1ncnc(Nc2cccc(Cl)c2Cl)c1[N+](=O)[O-]. The zero-order valence-corrected chi connectivity index (χ0v) is 16.6. The van der Waals surface area contributed by atoms with Gasteiger partial charge in [-0.2, -0.15) is 0 Å². The predicted molar refractivity (Wildman–Crippen MR) is 112 cm³/mol. The first-order valence-electron chi connectivity index (χ1n) is 8.39. The van der Waals surface area contributed by atoms with Crippen LogP contribution in [0.1, 0.15) is 0 Å². The third kappa shape index (κ3) is 5.25. The summed E-state index contributed by atoms with van der Waals surface area (Å²) >= 11 is 12.1. The maximum atomic E-state index is 12.0. The number of carbonyl (C=O) groups is 1. The molecule has 0 unspecified atom stereocenters. The summed E-state index contributed by atoms with van der Waals surface area (Å²) in [6.45, 7) is -0.306. The zero-order chi connectivity index (χ0) is 21.5. The van der Waals surface area contributed by atoms with Crippen LogP contribution in [0, 0.1) is 10.1 Å². The van der Waals surface area contributed by atoms with E-state index in [0.29, 0.717) is 11.4 Å². The lowest BCUT2D eigenvalue weighted by atomic mass is 10.3. The van der Waals surface area contributed by atoms with Crippen LogP contribution in [0.3, 0.4) is 0 Å². The topological polar surface area (TPSA) is 131 Å². The van der Waals surface area contributed by atoms with Crippen molar-refractivity contribution in [2.75, 3.05) is 17.3 Å². The van der Waals surface area contributed by atoms with Crippen molar-refractivity contribution in [2.45, 2.75) is 0 Å². The van der Waals surface area contributed by atoms with Gasteiger partial charge in [0.25, 0.3) is 5.91 Å². The van der Waals surface area contributed by atoms with Gasteiger partial charge in [0, 0.05) is 0 Å². The van der Waals surface area contributed by atoms with Gasteiger partial charge in [-0.3, -0.25) is 25.8 Å². The fourth-order valence-electron chi connectivity index (χ4n) is 2.29. The van der Waals surface area contributed by atoms with Crippen LogP contribution >= 0.6 is 23.2 Å². The molecule has 2 aromatic carbocycles. The molecular weight excluding hydrogens is 435 g/mol. The van der Waals surface area contributed by atoms with Crippen LogP contribution in [0.25, 0.3) is 0 Å². The number of carbonyl (C=O) groups excluding carboxylic acids is 1. The number of hydrogen-bond acceptors (Lipinski definition) is 8. The van der Waals surface area contributed by atoms with Gasteiger partial charge in [0.15, 0.2) is 6.61 Å². The average Bonchev–Trinajstić information content (AvgIpc) is 2.74. The number of amides is 1. The molecule has 0 atom stereocenters. The van der Waals surface area contributed by atoms with E-state index >= 15 is 0 Å². The van der Waals surface area contributed by atoms with Gasteiger partial charge in [-0.15, -0.1) is 0 Å². The Kier molecular flexibility index (Phi) is 6.83. The highest BCUT2D eigenvalue weighted by atomic mass is 35.5. The van der Waals surface area contributed by atoms with Crippen LogP contribution < -0.4 is 20.9 Å². The largest absolute Gasteiger partial charge is 0.484 e. The van der Waals surface area contributed by atoms with Crippen LogP contribution in [0.4, 0.5) is 23.0 Å². The summed E-state index contributed by atoms with van der Waals surface area (Å²) in [6, 6.07) is 13.5. The van der Waals surface area contributed by atoms with Gasteiger partial charge in [0.05, 0.1) is 20.7 Å². The lowest BCUT2D eigenvalue weighted by Crippen LogP contribution is -2.34. The van der Waals surface area contributed by atoms with Gasteiger partial charge in [-0.25, -0.2) is 9.97 Å². The van der Waals surface area contributed by atoms with Crippen LogP contribution in [-0.2, 0) is 4.79 Å². The highest BCUT2D eigenvalue weighted by Crippen LogP contribution is 2.35. The Morgan fingerprint density at radius 1 is 1.07 bits per heavy atom. The highest BCUT2D eigenvalue weighted by Gasteiger charge is 2.24. The Morgan fingerprint density at radius 3 is 2.53 bits per heavy atom. The van der Waals surface area contributed by atoms with E-state index in [4.69, 9.17) is 27.9 Å². The Balaban J connectivity index is 1.72. The molecule has 10 nitrogen and oxygen atoms in total. The van der Waals surface area contributed by atoms with E-state index in [-0.39, 0.29) is 28.3 Å². The molecule has 3 aromatic rings. The summed E-state index contributed by atoms with van der Waals surface area (Å²) in [7, 11) is 0. The number of rotatable bonds is 8. The molecule has 0 fully saturated rings. The molecule has 154 valence electrons. The highest BCUT2D eigenvalue weighted by molar-refractivity contribution is 6.43. The number of benzene rings is 2. The molecule has 0 radical (unpaired) electrons. The third-order valence-electron chi connectivity index (χ3n) is 3.64. The molecule has 0 aliphatic heterocycles. The minimum atomic E-state index is -0.699. The summed E-state index contributed by atoms with van der Waals surface area (Å²) in [5.74, 6) is -0.440. The second-order valence-corrected chi connectivity index (χ2v) is 6.46. The number of hydrogen-bond donors (Lipinski definition) is 3. The van der Waals surface area contributed by atoms with E-state index in [1.54, 1.807) is 42.5 Å². The average molecular weight is 449 g/mol. The van der Waals surface area contributed by atoms with E-state index in [1.807, 2.05) is 6.07 Å². The molecule has 0 saturated heterocycles. The number of nitrogens with zero attached hydrogens (tertiary/aromatic N) is 3.